The Hall–Kier alpha value is -0.870. The molecule has 2 heterocycles. The maximum Gasteiger partial charge on any atom is 0.149 e. The van der Waals surface area contributed by atoms with Gasteiger partial charge in [-0.05, 0) is 38.1 Å². The molecule has 0 radical (unpaired) electrons. The average molecular weight is 267 g/mol. The summed E-state index contributed by atoms with van der Waals surface area (Å²) in [7, 11) is 0. The van der Waals surface area contributed by atoms with Gasteiger partial charge in [-0.3, -0.25) is 4.98 Å². The summed E-state index contributed by atoms with van der Waals surface area (Å²) in [6, 6.07) is 0.675. The second-order valence-electron chi connectivity index (χ2n) is 5.31. The zero-order chi connectivity index (χ0) is 12.4. The maximum atomic E-state index is 5.87. The van der Waals surface area contributed by atoms with Crippen LogP contribution in [0.4, 0.5) is 5.82 Å². The Bertz CT molecular complexity index is 400. The Morgan fingerprint density at radius 1 is 1.22 bits per heavy atom. The highest BCUT2D eigenvalue weighted by Gasteiger charge is 2.24. The van der Waals surface area contributed by atoms with E-state index in [1.807, 2.05) is 0 Å². The second-order valence-corrected chi connectivity index (χ2v) is 5.70. The van der Waals surface area contributed by atoms with Gasteiger partial charge in [-0.25, -0.2) is 4.98 Å². The van der Waals surface area contributed by atoms with E-state index in [2.05, 4.69) is 20.2 Å². The normalized spacial score (nSPS) is 21.3. The van der Waals surface area contributed by atoms with Gasteiger partial charge in [-0.2, -0.15) is 0 Å². The largest absolute Gasteiger partial charge is 0.355 e. The maximum absolute atomic E-state index is 5.87. The topological polar surface area (TPSA) is 41.1 Å². The van der Waals surface area contributed by atoms with Crippen molar-refractivity contribution in [2.45, 2.75) is 31.7 Å². The third kappa shape index (κ3) is 3.12. The van der Waals surface area contributed by atoms with E-state index in [0.29, 0.717) is 11.2 Å². The van der Waals surface area contributed by atoms with Crippen LogP contribution in [0.15, 0.2) is 12.4 Å². The summed E-state index contributed by atoms with van der Waals surface area (Å²) in [6.07, 6.45) is 8.58. The van der Waals surface area contributed by atoms with Gasteiger partial charge in [0.05, 0.1) is 12.4 Å². The summed E-state index contributed by atoms with van der Waals surface area (Å²) >= 11 is 5.87. The zero-order valence-corrected chi connectivity index (χ0v) is 11.2. The second kappa shape index (κ2) is 5.41. The Labute approximate surface area is 113 Å². The van der Waals surface area contributed by atoms with Gasteiger partial charge in [0.2, 0.25) is 0 Å². The average Bonchev–Trinajstić information content (AvgIpc) is 3.21. The van der Waals surface area contributed by atoms with Gasteiger partial charge < -0.3 is 10.2 Å². The van der Waals surface area contributed by atoms with Crippen molar-refractivity contribution in [2.75, 3.05) is 24.5 Å². The summed E-state index contributed by atoms with van der Waals surface area (Å²) in [5.41, 5.74) is 0. The van der Waals surface area contributed by atoms with Gasteiger partial charge in [-0.1, -0.05) is 11.6 Å². The smallest absolute Gasteiger partial charge is 0.149 e. The quantitative estimate of drug-likeness (QED) is 0.906. The van der Waals surface area contributed by atoms with Crippen LogP contribution in [0.5, 0.6) is 0 Å². The standard InChI is InChI=1S/C13H19ClN4/c14-12-8-15-9-13(17-12)18-5-3-11(4-6-18)16-7-10-1-2-10/h8-11,16H,1-7H2. The summed E-state index contributed by atoms with van der Waals surface area (Å²) < 4.78 is 0. The minimum Gasteiger partial charge on any atom is -0.355 e. The highest BCUT2D eigenvalue weighted by Crippen LogP contribution is 2.28. The number of halogens is 1. The molecule has 0 spiro atoms. The molecule has 0 unspecified atom stereocenters. The molecule has 18 heavy (non-hydrogen) atoms. The molecule has 0 amide bonds. The molecular formula is C13H19ClN4. The zero-order valence-electron chi connectivity index (χ0n) is 10.5. The number of hydrogen-bond donors (Lipinski definition) is 1. The molecule has 2 fully saturated rings. The van der Waals surface area contributed by atoms with Crippen LogP contribution in [-0.4, -0.2) is 35.6 Å². The van der Waals surface area contributed by atoms with E-state index >= 15 is 0 Å². The minimum absolute atomic E-state index is 0.474. The molecule has 0 bridgehead atoms. The van der Waals surface area contributed by atoms with Crippen LogP contribution in [-0.2, 0) is 0 Å². The molecule has 1 aliphatic heterocycles. The highest BCUT2D eigenvalue weighted by atomic mass is 35.5. The molecule has 3 rings (SSSR count). The van der Waals surface area contributed by atoms with Gasteiger partial charge in [0.1, 0.15) is 11.0 Å². The van der Waals surface area contributed by atoms with Crippen molar-refractivity contribution in [3.05, 3.63) is 17.5 Å². The molecule has 1 N–H and O–H groups in total. The van der Waals surface area contributed by atoms with Crippen molar-refractivity contribution in [1.82, 2.24) is 15.3 Å². The van der Waals surface area contributed by atoms with Gasteiger partial charge in [-0.15, -0.1) is 0 Å². The van der Waals surface area contributed by atoms with Crippen molar-refractivity contribution in [3.8, 4) is 0 Å². The molecule has 98 valence electrons. The first-order chi connectivity index (χ1) is 8.81. The Balaban J connectivity index is 1.49. The molecule has 1 saturated heterocycles. The van der Waals surface area contributed by atoms with Crippen molar-refractivity contribution in [1.29, 1.82) is 0 Å². The molecule has 2 aliphatic rings. The molecule has 1 saturated carbocycles. The lowest BCUT2D eigenvalue weighted by Crippen LogP contribution is -2.43. The molecule has 1 aromatic heterocycles. The van der Waals surface area contributed by atoms with E-state index in [1.54, 1.807) is 12.4 Å². The number of nitrogens with one attached hydrogen (secondary N) is 1. The Morgan fingerprint density at radius 3 is 2.67 bits per heavy atom. The molecule has 0 atom stereocenters. The number of nitrogens with zero attached hydrogens (tertiary/aromatic N) is 3. The van der Waals surface area contributed by atoms with Crippen LogP contribution < -0.4 is 10.2 Å². The van der Waals surface area contributed by atoms with Gasteiger partial charge in [0, 0.05) is 19.1 Å². The predicted octanol–water partition coefficient (Wildman–Crippen LogP) is 2.10. The van der Waals surface area contributed by atoms with Crippen molar-refractivity contribution >= 4 is 17.4 Å². The van der Waals surface area contributed by atoms with E-state index in [-0.39, 0.29) is 0 Å². The summed E-state index contributed by atoms with van der Waals surface area (Å²) in [4.78, 5) is 10.7. The monoisotopic (exact) mass is 266 g/mol. The first kappa shape index (κ1) is 12.2. The van der Waals surface area contributed by atoms with E-state index in [9.17, 15) is 0 Å². The number of aromatic nitrogens is 2. The summed E-state index contributed by atoms with van der Waals surface area (Å²) in [5.74, 6) is 1.87. The molecule has 0 aromatic carbocycles. The molecule has 1 aromatic rings. The van der Waals surface area contributed by atoms with E-state index in [4.69, 9.17) is 11.6 Å². The van der Waals surface area contributed by atoms with Gasteiger partial charge in [0.25, 0.3) is 0 Å². The third-order valence-electron chi connectivity index (χ3n) is 3.80. The molecule has 4 nitrogen and oxygen atoms in total. The number of rotatable bonds is 4. The first-order valence-electron chi connectivity index (χ1n) is 6.77. The molecule has 5 heteroatoms. The number of piperidine rings is 1. The minimum atomic E-state index is 0.474. The Kier molecular flexibility index (Phi) is 3.66. The van der Waals surface area contributed by atoms with Crippen molar-refractivity contribution in [2.24, 2.45) is 5.92 Å². The van der Waals surface area contributed by atoms with Crippen molar-refractivity contribution in [3.63, 3.8) is 0 Å². The highest BCUT2D eigenvalue weighted by molar-refractivity contribution is 6.29. The van der Waals surface area contributed by atoms with Gasteiger partial charge in [0.15, 0.2) is 0 Å². The first-order valence-corrected chi connectivity index (χ1v) is 7.15. The summed E-state index contributed by atoms with van der Waals surface area (Å²) in [6.45, 7) is 3.29. The fourth-order valence-corrected chi connectivity index (χ4v) is 2.60. The molecular weight excluding hydrogens is 248 g/mol. The third-order valence-corrected chi connectivity index (χ3v) is 3.99. The van der Waals surface area contributed by atoms with Crippen LogP contribution in [0.1, 0.15) is 25.7 Å². The number of anilines is 1. The lowest BCUT2D eigenvalue weighted by Gasteiger charge is -2.33. The lowest BCUT2D eigenvalue weighted by molar-refractivity contribution is 0.407. The lowest BCUT2D eigenvalue weighted by atomic mass is 10.0. The van der Waals surface area contributed by atoms with E-state index < -0.39 is 0 Å². The van der Waals surface area contributed by atoms with Gasteiger partial charge >= 0.3 is 0 Å². The summed E-state index contributed by atoms with van der Waals surface area (Å²) in [5, 5.41) is 4.15. The SMILES string of the molecule is Clc1cncc(N2CCC(NCC3CC3)CC2)n1. The number of hydrogen-bond acceptors (Lipinski definition) is 4. The van der Waals surface area contributed by atoms with E-state index in [0.717, 1.165) is 24.8 Å². The van der Waals surface area contributed by atoms with Crippen LogP contribution in [0.2, 0.25) is 5.15 Å². The van der Waals surface area contributed by atoms with Crippen LogP contribution >= 0.6 is 11.6 Å². The molecule has 1 aliphatic carbocycles. The Morgan fingerprint density at radius 2 is 2.00 bits per heavy atom. The van der Waals surface area contributed by atoms with Crippen LogP contribution in [0.3, 0.4) is 0 Å². The predicted molar refractivity (Wildman–Crippen MR) is 73.0 cm³/mol. The van der Waals surface area contributed by atoms with E-state index in [1.165, 1.54) is 32.2 Å². The fraction of sp³-hybridized carbons (Fsp3) is 0.692. The fourth-order valence-electron chi connectivity index (χ4n) is 2.45. The van der Waals surface area contributed by atoms with Crippen molar-refractivity contribution < 1.29 is 0 Å². The van der Waals surface area contributed by atoms with Crippen LogP contribution in [0.25, 0.3) is 0 Å². The van der Waals surface area contributed by atoms with Crippen LogP contribution in [0, 0.1) is 5.92 Å².